The number of benzene rings is 1. The molecule has 0 aromatic heterocycles. The number of nitrogens with one attached hydrogen (secondary N) is 1. The number of piperazine rings is 1. The van der Waals surface area contributed by atoms with Crippen LogP contribution < -0.4 is 10.1 Å². The number of rotatable bonds is 4. The van der Waals surface area contributed by atoms with Crippen LogP contribution in [0.4, 0.5) is 0 Å². The Morgan fingerprint density at radius 2 is 2.00 bits per heavy atom. The molecule has 0 spiro atoms. The predicted octanol–water partition coefficient (Wildman–Crippen LogP) is 3.07. The van der Waals surface area contributed by atoms with E-state index in [4.69, 9.17) is 27.9 Å². The van der Waals surface area contributed by atoms with Crippen molar-refractivity contribution in [2.24, 2.45) is 5.92 Å². The second kappa shape index (κ2) is 7.34. The summed E-state index contributed by atoms with van der Waals surface area (Å²) in [6, 6.07) is 3.24. The Morgan fingerprint density at radius 1 is 1.33 bits per heavy atom. The maximum atomic E-state index is 12.7. The third kappa shape index (κ3) is 4.25. The Kier molecular flexibility index (Phi) is 5.73. The van der Waals surface area contributed by atoms with E-state index in [0.717, 1.165) is 13.1 Å². The molecule has 1 fully saturated rings. The van der Waals surface area contributed by atoms with E-state index in [1.807, 2.05) is 13.8 Å². The highest BCUT2D eigenvalue weighted by molar-refractivity contribution is 6.36. The first kappa shape index (κ1) is 16.4. The number of carbonyl (C=O) groups excluding carboxylic acids is 1. The summed E-state index contributed by atoms with van der Waals surface area (Å²) in [6.07, 6.45) is 0. The lowest BCUT2D eigenvalue weighted by Gasteiger charge is -2.28. The molecule has 21 heavy (non-hydrogen) atoms. The summed E-state index contributed by atoms with van der Waals surface area (Å²) in [6.45, 7) is 7.52. The van der Waals surface area contributed by atoms with Crippen molar-refractivity contribution in [1.82, 2.24) is 10.2 Å². The van der Waals surface area contributed by atoms with Crippen molar-refractivity contribution in [2.45, 2.75) is 13.8 Å². The fourth-order valence-corrected chi connectivity index (χ4v) is 2.70. The molecule has 6 heteroatoms. The molecule has 116 valence electrons. The molecule has 1 aromatic rings. The zero-order valence-electron chi connectivity index (χ0n) is 12.3. The molecule has 1 aromatic carbocycles. The van der Waals surface area contributed by atoms with Gasteiger partial charge in [0.25, 0.3) is 5.91 Å². The molecule has 1 amide bonds. The monoisotopic (exact) mass is 330 g/mol. The van der Waals surface area contributed by atoms with E-state index >= 15 is 0 Å². The first-order valence-corrected chi connectivity index (χ1v) is 7.86. The van der Waals surface area contributed by atoms with E-state index in [0.29, 0.717) is 47.0 Å². The van der Waals surface area contributed by atoms with Gasteiger partial charge in [-0.1, -0.05) is 37.0 Å². The Balaban J connectivity index is 2.28. The summed E-state index contributed by atoms with van der Waals surface area (Å²) in [5.41, 5.74) is 0.440. The number of carbonyl (C=O) groups is 1. The van der Waals surface area contributed by atoms with Crippen LogP contribution in [0.3, 0.4) is 0 Å². The van der Waals surface area contributed by atoms with Crippen LogP contribution >= 0.6 is 23.2 Å². The van der Waals surface area contributed by atoms with E-state index in [1.54, 1.807) is 17.0 Å². The van der Waals surface area contributed by atoms with Crippen LogP contribution in [0, 0.1) is 5.92 Å². The van der Waals surface area contributed by atoms with Gasteiger partial charge in [-0.3, -0.25) is 4.79 Å². The lowest BCUT2D eigenvalue weighted by atomic mass is 10.1. The second-order valence-electron chi connectivity index (χ2n) is 5.51. The average molecular weight is 331 g/mol. The molecule has 1 N–H and O–H groups in total. The molecule has 1 aliphatic heterocycles. The molecule has 0 atom stereocenters. The fraction of sp³-hybridized carbons (Fsp3) is 0.533. The Hall–Kier alpha value is -0.970. The minimum atomic E-state index is -0.0837. The maximum Gasteiger partial charge on any atom is 0.257 e. The maximum absolute atomic E-state index is 12.7. The summed E-state index contributed by atoms with van der Waals surface area (Å²) in [5, 5.41) is 4.04. The Bertz CT molecular complexity index is 515. The van der Waals surface area contributed by atoms with Gasteiger partial charge >= 0.3 is 0 Å². The van der Waals surface area contributed by atoms with Gasteiger partial charge in [-0.05, 0) is 18.1 Å². The number of halogens is 2. The summed E-state index contributed by atoms with van der Waals surface area (Å²) in [4.78, 5) is 14.5. The molecule has 0 saturated carbocycles. The number of ether oxygens (including phenoxy) is 1. The van der Waals surface area contributed by atoms with Gasteiger partial charge in [-0.2, -0.15) is 0 Å². The summed E-state index contributed by atoms with van der Waals surface area (Å²) in [7, 11) is 0. The van der Waals surface area contributed by atoms with Crippen LogP contribution in [0.2, 0.25) is 10.0 Å². The van der Waals surface area contributed by atoms with Crippen LogP contribution in [-0.2, 0) is 0 Å². The van der Waals surface area contributed by atoms with Gasteiger partial charge < -0.3 is 15.0 Å². The number of hydrogen-bond acceptors (Lipinski definition) is 3. The van der Waals surface area contributed by atoms with E-state index in [-0.39, 0.29) is 5.91 Å². The molecule has 4 nitrogen and oxygen atoms in total. The van der Waals surface area contributed by atoms with Gasteiger partial charge in [0.1, 0.15) is 0 Å². The highest BCUT2D eigenvalue weighted by Crippen LogP contribution is 2.33. The summed E-state index contributed by atoms with van der Waals surface area (Å²) >= 11 is 12.3. The smallest absolute Gasteiger partial charge is 0.257 e. The minimum Gasteiger partial charge on any atom is -0.491 e. The normalized spacial score (nSPS) is 15.4. The van der Waals surface area contributed by atoms with Crippen molar-refractivity contribution in [1.29, 1.82) is 0 Å². The zero-order valence-corrected chi connectivity index (χ0v) is 13.8. The Labute approximate surface area is 135 Å². The third-order valence-corrected chi connectivity index (χ3v) is 3.70. The molecule has 2 rings (SSSR count). The van der Waals surface area contributed by atoms with Crippen molar-refractivity contribution in [3.63, 3.8) is 0 Å². The largest absolute Gasteiger partial charge is 0.491 e. The van der Waals surface area contributed by atoms with Crippen LogP contribution in [0.15, 0.2) is 12.1 Å². The molecule has 1 saturated heterocycles. The van der Waals surface area contributed by atoms with Gasteiger partial charge in [-0.15, -0.1) is 0 Å². The first-order valence-electron chi connectivity index (χ1n) is 7.11. The minimum absolute atomic E-state index is 0.0837. The number of hydrogen-bond donors (Lipinski definition) is 1. The van der Waals surface area contributed by atoms with Crippen molar-refractivity contribution in [3.8, 4) is 5.75 Å². The molecule has 1 heterocycles. The first-order chi connectivity index (χ1) is 9.99. The van der Waals surface area contributed by atoms with Crippen LogP contribution in [0.25, 0.3) is 0 Å². The van der Waals surface area contributed by atoms with Gasteiger partial charge in [0, 0.05) is 31.2 Å². The Morgan fingerprint density at radius 3 is 2.62 bits per heavy atom. The van der Waals surface area contributed by atoms with E-state index in [2.05, 4.69) is 5.32 Å². The third-order valence-electron chi connectivity index (χ3n) is 3.20. The average Bonchev–Trinajstić information content (AvgIpc) is 2.45. The standard InChI is InChI=1S/C15H20Cl2N2O2/c1-10(2)9-21-14-12(7-11(16)8-13(14)17)15(20)19-5-3-18-4-6-19/h7-8,10,18H,3-6,9H2,1-2H3. The second-order valence-corrected chi connectivity index (χ2v) is 6.35. The van der Waals surface area contributed by atoms with Crippen LogP contribution in [-0.4, -0.2) is 43.6 Å². The fourth-order valence-electron chi connectivity index (χ4n) is 2.15. The highest BCUT2D eigenvalue weighted by Gasteiger charge is 2.23. The van der Waals surface area contributed by atoms with Crippen LogP contribution in [0.1, 0.15) is 24.2 Å². The number of nitrogens with zero attached hydrogens (tertiary/aromatic N) is 1. The molecular weight excluding hydrogens is 311 g/mol. The molecular formula is C15H20Cl2N2O2. The number of amides is 1. The zero-order chi connectivity index (χ0) is 15.4. The van der Waals surface area contributed by atoms with Gasteiger partial charge in [0.15, 0.2) is 5.75 Å². The molecule has 0 unspecified atom stereocenters. The van der Waals surface area contributed by atoms with Crippen molar-refractivity contribution in [3.05, 3.63) is 27.7 Å². The van der Waals surface area contributed by atoms with Crippen molar-refractivity contribution >= 4 is 29.1 Å². The van der Waals surface area contributed by atoms with E-state index in [9.17, 15) is 4.79 Å². The summed E-state index contributed by atoms with van der Waals surface area (Å²) < 4.78 is 5.74. The predicted molar refractivity (Wildman–Crippen MR) is 85.6 cm³/mol. The highest BCUT2D eigenvalue weighted by atomic mass is 35.5. The van der Waals surface area contributed by atoms with E-state index in [1.165, 1.54) is 0 Å². The molecule has 0 bridgehead atoms. The van der Waals surface area contributed by atoms with Gasteiger partial charge in [0.05, 0.1) is 17.2 Å². The molecule has 0 radical (unpaired) electrons. The molecule has 1 aliphatic rings. The van der Waals surface area contributed by atoms with Crippen molar-refractivity contribution < 1.29 is 9.53 Å². The lowest BCUT2D eigenvalue weighted by Crippen LogP contribution is -2.46. The topological polar surface area (TPSA) is 41.6 Å². The quantitative estimate of drug-likeness (QED) is 0.922. The SMILES string of the molecule is CC(C)COc1c(Cl)cc(Cl)cc1C(=O)N1CCNCC1. The van der Waals surface area contributed by atoms with Gasteiger partial charge in [-0.25, -0.2) is 0 Å². The molecule has 0 aliphatic carbocycles. The lowest BCUT2D eigenvalue weighted by molar-refractivity contribution is 0.0730. The van der Waals surface area contributed by atoms with Crippen molar-refractivity contribution in [2.75, 3.05) is 32.8 Å². The van der Waals surface area contributed by atoms with Crippen LogP contribution in [0.5, 0.6) is 5.75 Å². The summed E-state index contributed by atoms with van der Waals surface area (Å²) in [5.74, 6) is 0.692. The van der Waals surface area contributed by atoms with E-state index < -0.39 is 0 Å². The van der Waals surface area contributed by atoms with Gasteiger partial charge in [0.2, 0.25) is 0 Å².